The van der Waals surface area contributed by atoms with E-state index in [0.717, 1.165) is 30.7 Å². The number of hydrogen-bond acceptors (Lipinski definition) is 3. The van der Waals surface area contributed by atoms with Crippen molar-refractivity contribution in [3.05, 3.63) is 30.5 Å². The molecule has 1 fully saturated rings. The van der Waals surface area contributed by atoms with E-state index in [1.54, 1.807) is 0 Å². The van der Waals surface area contributed by atoms with Crippen molar-refractivity contribution in [2.45, 2.75) is 25.9 Å². The molecule has 0 bridgehead atoms. The number of aryl methyl sites for hydroxylation is 1. The first-order valence-electron chi connectivity index (χ1n) is 7.49. The van der Waals surface area contributed by atoms with Crippen LogP contribution in [0.5, 0.6) is 0 Å². The molecule has 120 valence electrons. The second-order valence-corrected chi connectivity index (χ2v) is 5.35. The minimum absolute atomic E-state index is 0. The number of carbonyl (C=O) groups excluding carboxylic acids is 1. The molecule has 1 atom stereocenters. The van der Waals surface area contributed by atoms with E-state index in [-0.39, 0.29) is 24.4 Å². The standard InChI is InChI=1S/C16H21N3O2.ClH/c1-2-7-19-8-5-12-3-4-13(10-15(12)19)18-16(20)14-11-21-9-6-17-14;/h3-5,8,10,14,17H,2,6-7,9,11H2,1H3,(H,18,20);1H. The Kier molecular flexibility index (Phi) is 5.83. The Balaban J connectivity index is 0.00000176. The number of carbonyl (C=O) groups is 1. The molecule has 1 amide bonds. The Labute approximate surface area is 136 Å². The highest BCUT2D eigenvalue weighted by atomic mass is 35.5. The van der Waals surface area contributed by atoms with E-state index in [1.807, 2.05) is 18.2 Å². The molecule has 1 aromatic heterocycles. The fourth-order valence-electron chi connectivity index (χ4n) is 2.66. The zero-order chi connectivity index (χ0) is 14.7. The van der Waals surface area contributed by atoms with Gasteiger partial charge in [-0.2, -0.15) is 0 Å². The van der Waals surface area contributed by atoms with Crippen LogP contribution in [-0.2, 0) is 16.1 Å². The summed E-state index contributed by atoms with van der Waals surface area (Å²) >= 11 is 0. The molecule has 2 aromatic rings. The van der Waals surface area contributed by atoms with Crippen molar-refractivity contribution in [3.63, 3.8) is 0 Å². The molecule has 1 aliphatic heterocycles. The summed E-state index contributed by atoms with van der Waals surface area (Å²) < 4.78 is 7.54. The molecule has 1 saturated heterocycles. The number of ether oxygens (including phenoxy) is 1. The van der Waals surface area contributed by atoms with Gasteiger partial charge < -0.3 is 19.9 Å². The van der Waals surface area contributed by atoms with Gasteiger partial charge in [0.15, 0.2) is 0 Å². The van der Waals surface area contributed by atoms with Crippen LogP contribution in [0.2, 0.25) is 0 Å². The first-order chi connectivity index (χ1) is 10.3. The van der Waals surface area contributed by atoms with Gasteiger partial charge >= 0.3 is 0 Å². The van der Waals surface area contributed by atoms with Crippen molar-refractivity contribution in [1.29, 1.82) is 0 Å². The van der Waals surface area contributed by atoms with Gasteiger partial charge in [0.05, 0.1) is 18.7 Å². The highest BCUT2D eigenvalue weighted by Gasteiger charge is 2.21. The molecule has 2 heterocycles. The molecule has 0 saturated carbocycles. The van der Waals surface area contributed by atoms with Gasteiger partial charge in [0.25, 0.3) is 0 Å². The largest absolute Gasteiger partial charge is 0.378 e. The quantitative estimate of drug-likeness (QED) is 0.908. The third-order valence-electron chi connectivity index (χ3n) is 3.74. The van der Waals surface area contributed by atoms with Crippen molar-refractivity contribution in [2.75, 3.05) is 25.1 Å². The van der Waals surface area contributed by atoms with Crippen LogP contribution >= 0.6 is 12.4 Å². The molecule has 0 radical (unpaired) electrons. The molecule has 22 heavy (non-hydrogen) atoms. The topological polar surface area (TPSA) is 55.3 Å². The molecule has 1 aliphatic rings. The number of amides is 1. The van der Waals surface area contributed by atoms with Crippen LogP contribution in [0.15, 0.2) is 30.5 Å². The molecular weight excluding hydrogens is 302 g/mol. The average molecular weight is 324 g/mol. The zero-order valence-electron chi connectivity index (χ0n) is 12.7. The molecule has 3 rings (SSSR count). The fourth-order valence-corrected chi connectivity index (χ4v) is 2.66. The molecule has 0 aliphatic carbocycles. The molecule has 6 heteroatoms. The van der Waals surface area contributed by atoms with Gasteiger partial charge in [0, 0.05) is 25.0 Å². The zero-order valence-corrected chi connectivity index (χ0v) is 13.5. The monoisotopic (exact) mass is 323 g/mol. The lowest BCUT2D eigenvalue weighted by Crippen LogP contribution is -2.48. The Morgan fingerprint density at radius 1 is 1.45 bits per heavy atom. The maximum atomic E-state index is 12.2. The molecular formula is C16H22ClN3O2. The second-order valence-electron chi connectivity index (χ2n) is 5.35. The van der Waals surface area contributed by atoms with Crippen molar-refractivity contribution in [3.8, 4) is 0 Å². The van der Waals surface area contributed by atoms with Gasteiger partial charge in [-0.25, -0.2) is 0 Å². The number of aromatic nitrogens is 1. The van der Waals surface area contributed by atoms with Crippen molar-refractivity contribution in [2.24, 2.45) is 0 Å². The van der Waals surface area contributed by atoms with E-state index in [2.05, 4.69) is 34.4 Å². The molecule has 1 unspecified atom stereocenters. The highest BCUT2D eigenvalue weighted by Crippen LogP contribution is 2.21. The van der Waals surface area contributed by atoms with Crippen LogP contribution in [-0.4, -0.2) is 36.3 Å². The lowest BCUT2D eigenvalue weighted by atomic mass is 10.2. The first kappa shape index (κ1) is 16.8. The molecule has 5 nitrogen and oxygen atoms in total. The number of anilines is 1. The summed E-state index contributed by atoms with van der Waals surface area (Å²) in [6.07, 6.45) is 3.18. The van der Waals surface area contributed by atoms with Gasteiger partial charge in [-0.3, -0.25) is 4.79 Å². The summed E-state index contributed by atoms with van der Waals surface area (Å²) in [4.78, 5) is 12.2. The van der Waals surface area contributed by atoms with Crippen LogP contribution in [0, 0.1) is 0 Å². The fraction of sp³-hybridized carbons (Fsp3) is 0.438. The van der Waals surface area contributed by atoms with E-state index >= 15 is 0 Å². The number of halogens is 1. The maximum absolute atomic E-state index is 12.2. The predicted octanol–water partition coefficient (Wildman–Crippen LogP) is 2.40. The van der Waals surface area contributed by atoms with E-state index < -0.39 is 0 Å². The normalized spacial score (nSPS) is 18.0. The summed E-state index contributed by atoms with van der Waals surface area (Å²) in [5.41, 5.74) is 1.98. The summed E-state index contributed by atoms with van der Waals surface area (Å²) in [6, 6.07) is 7.86. The smallest absolute Gasteiger partial charge is 0.243 e. The Hall–Kier alpha value is -1.56. The van der Waals surface area contributed by atoms with Gasteiger partial charge in [-0.15, -0.1) is 12.4 Å². The van der Waals surface area contributed by atoms with Gasteiger partial charge in [0.1, 0.15) is 6.04 Å². The SMILES string of the molecule is CCCn1ccc2ccc(NC(=O)C3COCCN3)cc21.Cl. The van der Waals surface area contributed by atoms with E-state index in [0.29, 0.717) is 13.2 Å². The number of nitrogens with zero attached hydrogens (tertiary/aromatic N) is 1. The molecule has 0 spiro atoms. The maximum Gasteiger partial charge on any atom is 0.243 e. The summed E-state index contributed by atoms with van der Waals surface area (Å²) in [5, 5.41) is 7.32. The summed E-state index contributed by atoms with van der Waals surface area (Å²) in [5.74, 6) is -0.0392. The van der Waals surface area contributed by atoms with Crippen LogP contribution in [0.4, 0.5) is 5.69 Å². The van der Waals surface area contributed by atoms with Crippen LogP contribution in [0.25, 0.3) is 10.9 Å². The summed E-state index contributed by atoms with van der Waals surface area (Å²) in [6.45, 7) is 4.96. The van der Waals surface area contributed by atoms with E-state index in [9.17, 15) is 4.79 Å². The van der Waals surface area contributed by atoms with E-state index in [1.165, 1.54) is 5.39 Å². The Morgan fingerprint density at radius 3 is 3.05 bits per heavy atom. The number of hydrogen-bond donors (Lipinski definition) is 2. The number of morpholine rings is 1. The minimum atomic E-state index is -0.267. The Bertz CT molecular complexity index is 635. The average Bonchev–Trinajstić information content (AvgIpc) is 2.91. The number of benzene rings is 1. The predicted molar refractivity (Wildman–Crippen MR) is 90.7 cm³/mol. The van der Waals surface area contributed by atoms with Crippen LogP contribution in [0.3, 0.4) is 0 Å². The summed E-state index contributed by atoms with van der Waals surface area (Å²) in [7, 11) is 0. The minimum Gasteiger partial charge on any atom is -0.378 e. The lowest BCUT2D eigenvalue weighted by Gasteiger charge is -2.22. The second kappa shape index (κ2) is 7.63. The van der Waals surface area contributed by atoms with Gasteiger partial charge in [-0.1, -0.05) is 13.0 Å². The first-order valence-corrected chi connectivity index (χ1v) is 7.49. The van der Waals surface area contributed by atoms with Crippen LogP contribution in [0.1, 0.15) is 13.3 Å². The van der Waals surface area contributed by atoms with Gasteiger partial charge in [-0.05, 0) is 30.0 Å². The third kappa shape index (κ3) is 3.61. The molecule has 2 N–H and O–H groups in total. The molecule has 1 aromatic carbocycles. The number of nitrogens with one attached hydrogen (secondary N) is 2. The highest BCUT2D eigenvalue weighted by molar-refractivity contribution is 5.97. The third-order valence-corrected chi connectivity index (χ3v) is 3.74. The van der Waals surface area contributed by atoms with E-state index in [4.69, 9.17) is 4.74 Å². The Morgan fingerprint density at radius 2 is 2.32 bits per heavy atom. The van der Waals surface area contributed by atoms with Crippen LogP contribution < -0.4 is 10.6 Å². The number of fused-ring (bicyclic) bond motifs is 1. The van der Waals surface area contributed by atoms with Gasteiger partial charge in [0.2, 0.25) is 5.91 Å². The number of rotatable bonds is 4. The van der Waals surface area contributed by atoms with Crippen molar-refractivity contribution in [1.82, 2.24) is 9.88 Å². The lowest BCUT2D eigenvalue weighted by molar-refractivity contribution is -0.120. The van der Waals surface area contributed by atoms with Crippen molar-refractivity contribution >= 4 is 34.9 Å². The van der Waals surface area contributed by atoms with Crippen molar-refractivity contribution < 1.29 is 9.53 Å².